The third-order valence-electron chi connectivity index (χ3n) is 2.68. The number of rotatable bonds is 5. The van der Waals surface area contributed by atoms with Gasteiger partial charge in [0.2, 0.25) is 0 Å². The summed E-state index contributed by atoms with van der Waals surface area (Å²) in [5.74, 6) is 0. The lowest BCUT2D eigenvalue weighted by atomic mass is 10.1. The minimum atomic E-state index is 0.879. The van der Waals surface area contributed by atoms with Gasteiger partial charge in [0.1, 0.15) is 5.01 Å². The van der Waals surface area contributed by atoms with Crippen molar-refractivity contribution in [3.63, 3.8) is 0 Å². The number of aryl methyl sites for hydroxylation is 1. The average Bonchev–Trinajstić information content (AvgIpc) is 2.79. The van der Waals surface area contributed by atoms with Crippen LogP contribution in [0.2, 0.25) is 0 Å². The van der Waals surface area contributed by atoms with Crippen molar-refractivity contribution in [1.29, 1.82) is 0 Å². The van der Waals surface area contributed by atoms with Crippen LogP contribution in [0.5, 0.6) is 0 Å². The van der Waals surface area contributed by atoms with Gasteiger partial charge in [-0.05, 0) is 25.5 Å². The molecule has 0 radical (unpaired) electrons. The second-order valence-corrected chi connectivity index (χ2v) is 5.06. The summed E-state index contributed by atoms with van der Waals surface area (Å²) in [5, 5.41) is 6.69. The minimum Gasteiger partial charge on any atom is -0.310 e. The maximum absolute atomic E-state index is 4.67. The Bertz CT molecular complexity index is 477. The van der Waals surface area contributed by atoms with Gasteiger partial charge in [-0.15, -0.1) is 11.3 Å². The maximum atomic E-state index is 4.67. The standard InChI is InChI=1S/C14H18N2S/c1-3-8-15-9-14-16-13(10-17-14)12-7-5-4-6-11(12)2/h4-7,10,15H,3,8-9H2,1-2H3. The van der Waals surface area contributed by atoms with Gasteiger partial charge in [-0.2, -0.15) is 0 Å². The highest BCUT2D eigenvalue weighted by Gasteiger charge is 2.05. The fourth-order valence-electron chi connectivity index (χ4n) is 1.75. The van der Waals surface area contributed by atoms with Crippen LogP contribution in [0.1, 0.15) is 23.9 Å². The summed E-state index contributed by atoms with van der Waals surface area (Å²) >= 11 is 1.73. The molecule has 0 unspecified atom stereocenters. The predicted octanol–water partition coefficient (Wildman–Crippen LogP) is 3.62. The van der Waals surface area contributed by atoms with Crippen LogP contribution in [0, 0.1) is 6.92 Å². The number of nitrogens with one attached hydrogen (secondary N) is 1. The van der Waals surface area contributed by atoms with E-state index < -0.39 is 0 Å². The van der Waals surface area contributed by atoms with Gasteiger partial charge in [0.15, 0.2) is 0 Å². The largest absolute Gasteiger partial charge is 0.310 e. The Morgan fingerprint density at radius 1 is 1.29 bits per heavy atom. The molecule has 2 nitrogen and oxygen atoms in total. The van der Waals surface area contributed by atoms with Gasteiger partial charge in [-0.1, -0.05) is 31.2 Å². The van der Waals surface area contributed by atoms with E-state index in [-0.39, 0.29) is 0 Å². The smallest absolute Gasteiger partial charge is 0.107 e. The highest BCUT2D eigenvalue weighted by Crippen LogP contribution is 2.24. The van der Waals surface area contributed by atoms with Gasteiger partial charge < -0.3 is 5.32 Å². The normalized spacial score (nSPS) is 10.7. The molecule has 90 valence electrons. The zero-order valence-electron chi connectivity index (χ0n) is 10.4. The van der Waals surface area contributed by atoms with Crippen molar-refractivity contribution >= 4 is 11.3 Å². The molecule has 17 heavy (non-hydrogen) atoms. The Balaban J connectivity index is 2.10. The number of nitrogens with zero attached hydrogens (tertiary/aromatic N) is 1. The number of hydrogen-bond donors (Lipinski definition) is 1. The lowest BCUT2D eigenvalue weighted by molar-refractivity contribution is 0.673. The summed E-state index contributed by atoms with van der Waals surface area (Å²) in [6.07, 6.45) is 1.16. The van der Waals surface area contributed by atoms with Crippen LogP contribution in [0.15, 0.2) is 29.6 Å². The van der Waals surface area contributed by atoms with Crippen LogP contribution in [-0.2, 0) is 6.54 Å². The van der Waals surface area contributed by atoms with Crippen molar-refractivity contribution in [2.45, 2.75) is 26.8 Å². The maximum Gasteiger partial charge on any atom is 0.107 e. The lowest BCUT2D eigenvalue weighted by Gasteiger charge is -2.01. The van der Waals surface area contributed by atoms with E-state index in [1.807, 2.05) is 0 Å². The Hall–Kier alpha value is -1.19. The van der Waals surface area contributed by atoms with Gasteiger partial charge in [-0.3, -0.25) is 0 Å². The quantitative estimate of drug-likeness (QED) is 0.815. The fourth-order valence-corrected chi connectivity index (χ4v) is 2.51. The van der Waals surface area contributed by atoms with E-state index in [1.165, 1.54) is 11.1 Å². The molecule has 3 heteroatoms. The van der Waals surface area contributed by atoms with Crippen LogP contribution in [0.4, 0.5) is 0 Å². The molecule has 2 aromatic rings. The first-order chi connectivity index (χ1) is 8.31. The molecule has 2 rings (SSSR count). The zero-order chi connectivity index (χ0) is 12.1. The summed E-state index contributed by atoms with van der Waals surface area (Å²) in [4.78, 5) is 4.67. The summed E-state index contributed by atoms with van der Waals surface area (Å²) in [5.41, 5.74) is 3.62. The van der Waals surface area contributed by atoms with Gasteiger partial charge in [0.25, 0.3) is 0 Å². The van der Waals surface area contributed by atoms with E-state index in [0.717, 1.165) is 30.2 Å². The van der Waals surface area contributed by atoms with Gasteiger partial charge in [-0.25, -0.2) is 4.98 Å². The first-order valence-corrected chi connectivity index (χ1v) is 6.90. The van der Waals surface area contributed by atoms with E-state index in [2.05, 4.69) is 53.8 Å². The summed E-state index contributed by atoms with van der Waals surface area (Å²) in [7, 11) is 0. The van der Waals surface area contributed by atoms with Crippen molar-refractivity contribution in [3.8, 4) is 11.3 Å². The van der Waals surface area contributed by atoms with Crippen molar-refractivity contribution in [2.24, 2.45) is 0 Å². The van der Waals surface area contributed by atoms with Crippen molar-refractivity contribution in [2.75, 3.05) is 6.54 Å². The number of aromatic nitrogens is 1. The fraction of sp³-hybridized carbons (Fsp3) is 0.357. The molecule has 0 saturated carbocycles. The van der Waals surface area contributed by atoms with E-state index in [1.54, 1.807) is 11.3 Å². The van der Waals surface area contributed by atoms with E-state index in [9.17, 15) is 0 Å². The molecular weight excluding hydrogens is 228 g/mol. The predicted molar refractivity (Wildman–Crippen MR) is 74.3 cm³/mol. The molecule has 1 aromatic carbocycles. The highest BCUT2D eigenvalue weighted by atomic mass is 32.1. The summed E-state index contributed by atoms with van der Waals surface area (Å²) in [6.45, 7) is 6.24. The molecule has 0 fully saturated rings. The molecule has 1 N–H and O–H groups in total. The van der Waals surface area contributed by atoms with Gasteiger partial charge >= 0.3 is 0 Å². The Kier molecular flexibility index (Phi) is 4.29. The second kappa shape index (κ2) is 5.94. The Morgan fingerprint density at radius 3 is 2.88 bits per heavy atom. The number of hydrogen-bond acceptors (Lipinski definition) is 3. The SMILES string of the molecule is CCCNCc1nc(-c2ccccc2C)cs1. The summed E-state index contributed by atoms with van der Waals surface area (Å²) < 4.78 is 0. The average molecular weight is 246 g/mol. The molecule has 0 aliphatic carbocycles. The van der Waals surface area contributed by atoms with Crippen molar-refractivity contribution in [1.82, 2.24) is 10.3 Å². The molecule has 0 atom stereocenters. The molecule has 1 aromatic heterocycles. The van der Waals surface area contributed by atoms with E-state index >= 15 is 0 Å². The minimum absolute atomic E-state index is 0.879. The topological polar surface area (TPSA) is 24.9 Å². The van der Waals surface area contributed by atoms with Crippen LogP contribution in [0.25, 0.3) is 11.3 Å². The Labute approximate surface area is 107 Å². The monoisotopic (exact) mass is 246 g/mol. The number of thiazole rings is 1. The van der Waals surface area contributed by atoms with Gasteiger partial charge in [0, 0.05) is 17.5 Å². The molecule has 0 saturated heterocycles. The van der Waals surface area contributed by atoms with Crippen molar-refractivity contribution < 1.29 is 0 Å². The first-order valence-electron chi connectivity index (χ1n) is 6.02. The molecule has 0 bridgehead atoms. The lowest BCUT2D eigenvalue weighted by Crippen LogP contribution is -2.13. The van der Waals surface area contributed by atoms with E-state index in [0.29, 0.717) is 0 Å². The van der Waals surface area contributed by atoms with Crippen LogP contribution in [0.3, 0.4) is 0 Å². The third kappa shape index (κ3) is 3.14. The molecule has 1 heterocycles. The van der Waals surface area contributed by atoms with Crippen molar-refractivity contribution in [3.05, 3.63) is 40.2 Å². The molecular formula is C14H18N2S. The van der Waals surface area contributed by atoms with Gasteiger partial charge in [0.05, 0.1) is 5.69 Å². The first kappa shape index (κ1) is 12.3. The molecule has 0 amide bonds. The van der Waals surface area contributed by atoms with Crippen LogP contribution in [-0.4, -0.2) is 11.5 Å². The molecule has 0 aliphatic rings. The molecule has 0 aliphatic heterocycles. The highest BCUT2D eigenvalue weighted by molar-refractivity contribution is 7.09. The summed E-state index contributed by atoms with van der Waals surface area (Å²) in [6, 6.07) is 8.39. The van der Waals surface area contributed by atoms with E-state index in [4.69, 9.17) is 0 Å². The Morgan fingerprint density at radius 2 is 2.12 bits per heavy atom. The van der Waals surface area contributed by atoms with Crippen LogP contribution < -0.4 is 5.32 Å². The van der Waals surface area contributed by atoms with Crippen LogP contribution >= 0.6 is 11.3 Å². The molecule has 0 spiro atoms. The second-order valence-electron chi connectivity index (χ2n) is 4.12. The number of benzene rings is 1. The third-order valence-corrected chi connectivity index (χ3v) is 3.52. The zero-order valence-corrected chi connectivity index (χ0v) is 11.2.